The van der Waals surface area contributed by atoms with E-state index in [-0.39, 0.29) is 0 Å². The summed E-state index contributed by atoms with van der Waals surface area (Å²) >= 11 is 0. The highest BCUT2D eigenvalue weighted by Gasteiger charge is 2.26. The maximum atomic E-state index is 3.70. The van der Waals surface area contributed by atoms with Gasteiger partial charge in [-0.25, -0.2) is 0 Å². The number of nitrogens with one attached hydrogen (secondary N) is 1. The average Bonchev–Trinajstić information content (AvgIpc) is 2.76. The highest BCUT2D eigenvalue weighted by Crippen LogP contribution is 2.25. The minimum atomic E-state index is 0.783. The van der Waals surface area contributed by atoms with E-state index in [1.54, 1.807) is 11.1 Å². The third-order valence-electron chi connectivity index (χ3n) is 5.35. The highest BCUT2D eigenvalue weighted by atomic mass is 15.2. The van der Waals surface area contributed by atoms with Gasteiger partial charge in [0.2, 0.25) is 0 Å². The molecule has 0 radical (unpaired) electrons. The van der Waals surface area contributed by atoms with Gasteiger partial charge in [-0.1, -0.05) is 31.2 Å². The molecule has 0 atom stereocenters. The zero-order chi connectivity index (χ0) is 14.5. The zero-order valence-electron chi connectivity index (χ0n) is 13.5. The van der Waals surface area contributed by atoms with Crippen LogP contribution in [0.3, 0.4) is 0 Å². The van der Waals surface area contributed by atoms with Crippen LogP contribution in [0.5, 0.6) is 0 Å². The molecule has 0 amide bonds. The first-order valence-corrected chi connectivity index (χ1v) is 8.91. The zero-order valence-corrected chi connectivity index (χ0v) is 13.5. The quantitative estimate of drug-likeness (QED) is 0.912. The molecule has 2 nitrogen and oxygen atoms in total. The minimum absolute atomic E-state index is 0.783. The first kappa shape index (κ1) is 15.1. The van der Waals surface area contributed by atoms with E-state index in [9.17, 15) is 0 Å². The monoisotopic (exact) mass is 286 g/mol. The van der Waals surface area contributed by atoms with E-state index in [0.717, 1.165) is 12.1 Å². The van der Waals surface area contributed by atoms with Crippen LogP contribution >= 0.6 is 0 Å². The summed E-state index contributed by atoms with van der Waals surface area (Å²) in [5.74, 6) is 0. The van der Waals surface area contributed by atoms with Gasteiger partial charge in [-0.3, -0.25) is 4.90 Å². The van der Waals surface area contributed by atoms with Crippen molar-refractivity contribution >= 4 is 0 Å². The van der Waals surface area contributed by atoms with Crippen molar-refractivity contribution in [1.29, 1.82) is 0 Å². The molecule has 1 aliphatic carbocycles. The maximum absolute atomic E-state index is 3.70. The average molecular weight is 286 g/mol. The van der Waals surface area contributed by atoms with Gasteiger partial charge in [0, 0.05) is 25.2 Å². The first-order chi connectivity index (χ1) is 10.4. The Kier molecular flexibility index (Phi) is 5.32. The van der Waals surface area contributed by atoms with E-state index in [2.05, 4.69) is 41.4 Å². The molecule has 1 aliphatic heterocycles. The summed E-state index contributed by atoms with van der Waals surface area (Å²) in [6.45, 7) is 5.96. The fraction of sp³-hybridized carbons (Fsp3) is 0.684. The lowest BCUT2D eigenvalue weighted by Crippen LogP contribution is -2.43. The molecule has 1 aromatic rings. The molecule has 21 heavy (non-hydrogen) atoms. The third kappa shape index (κ3) is 3.87. The SMILES string of the molecule is CCCNC1CCC(N2CCc3ccccc3CC2)CC1. The summed E-state index contributed by atoms with van der Waals surface area (Å²) in [5.41, 5.74) is 3.16. The smallest absolute Gasteiger partial charge is 0.00966 e. The lowest BCUT2D eigenvalue weighted by atomic mass is 9.90. The van der Waals surface area contributed by atoms with Crippen molar-refractivity contribution in [3.63, 3.8) is 0 Å². The molecule has 2 heteroatoms. The lowest BCUT2D eigenvalue weighted by molar-refractivity contribution is 0.149. The molecule has 1 N–H and O–H groups in total. The van der Waals surface area contributed by atoms with Crippen LogP contribution in [-0.4, -0.2) is 36.6 Å². The fourth-order valence-electron chi connectivity index (χ4n) is 4.04. The second-order valence-corrected chi connectivity index (χ2v) is 6.76. The number of hydrogen-bond acceptors (Lipinski definition) is 2. The molecule has 0 saturated heterocycles. The second kappa shape index (κ2) is 7.42. The minimum Gasteiger partial charge on any atom is -0.314 e. The van der Waals surface area contributed by atoms with Crippen LogP contribution in [0.4, 0.5) is 0 Å². The standard InChI is InChI=1S/C19H30N2/c1-2-13-20-18-7-9-19(10-8-18)21-14-11-16-5-3-4-6-17(16)12-15-21/h3-6,18-20H,2,7-15H2,1H3. The van der Waals surface area contributed by atoms with Crippen LogP contribution in [-0.2, 0) is 12.8 Å². The Balaban J connectivity index is 1.51. The number of hydrogen-bond donors (Lipinski definition) is 1. The first-order valence-electron chi connectivity index (χ1n) is 8.91. The van der Waals surface area contributed by atoms with E-state index in [4.69, 9.17) is 0 Å². The summed E-state index contributed by atoms with van der Waals surface area (Å²) in [5, 5.41) is 3.70. The Morgan fingerprint density at radius 1 is 1.00 bits per heavy atom. The molecule has 1 aromatic carbocycles. The molecule has 0 unspecified atom stereocenters. The number of rotatable bonds is 4. The maximum Gasteiger partial charge on any atom is 0.00966 e. The summed E-state index contributed by atoms with van der Waals surface area (Å²) in [7, 11) is 0. The molecule has 0 spiro atoms. The lowest BCUT2D eigenvalue weighted by Gasteiger charge is -2.36. The van der Waals surface area contributed by atoms with Gasteiger partial charge in [0.1, 0.15) is 0 Å². The van der Waals surface area contributed by atoms with Crippen LogP contribution in [0.1, 0.15) is 50.2 Å². The predicted octanol–water partition coefficient (Wildman–Crippen LogP) is 3.40. The third-order valence-corrected chi connectivity index (χ3v) is 5.35. The van der Waals surface area contributed by atoms with Gasteiger partial charge in [0.05, 0.1) is 0 Å². The molecule has 1 fully saturated rings. The number of nitrogens with zero attached hydrogens (tertiary/aromatic N) is 1. The Morgan fingerprint density at radius 2 is 1.62 bits per heavy atom. The van der Waals surface area contributed by atoms with Crippen molar-refractivity contribution in [1.82, 2.24) is 10.2 Å². The summed E-state index contributed by atoms with van der Waals surface area (Å²) in [6.07, 6.45) is 9.25. The molecule has 0 bridgehead atoms. The Labute approximate surface area is 129 Å². The Morgan fingerprint density at radius 3 is 2.19 bits per heavy atom. The van der Waals surface area contributed by atoms with Crippen molar-refractivity contribution < 1.29 is 0 Å². The molecule has 0 aromatic heterocycles. The Hall–Kier alpha value is -0.860. The summed E-state index contributed by atoms with van der Waals surface area (Å²) in [6, 6.07) is 10.6. The number of benzene rings is 1. The topological polar surface area (TPSA) is 15.3 Å². The fourth-order valence-corrected chi connectivity index (χ4v) is 4.04. The van der Waals surface area contributed by atoms with Crippen molar-refractivity contribution in [3.8, 4) is 0 Å². The van der Waals surface area contributed by atoms with Crippen LogP contribution in [0.2, 0.25) is 0 Å². The molecule has 116 valence electrons. The summed E-state index contributed by atoms with van der Waals surface area (Å²) in [4.78, 5) is 2.77. The predicted molar refractivity (Wildman–Crippen MR) is 89.8 cm³/mol. The van der Waals surface area contributed by atoms with Crippen LogP contribution in [0.15, 0.2) is 24.3 Å². The van der Waals surface area contributed by atoms with Gasteiger partial charge in [-0.2, -0.15) is 0 Å². The van der Waals surface area contributed by atoms with Crippen molar-refractivity contribution in [3.05, 3.63) is 35.4 Å². The van der Waals surface area contributed by atoms with E-state index >= 15 is 0 Å². The molecular formula is C19H30N2. The molecular weight excluding hydrogens is 256 g/mol. The van der Waals surface area contributed by atoms with Gasteiger partial charge in [0.15, 0.2) is 0 Å². The van der Waals surface area contributed by atoms with Gasteiger partial charge in [0.25, 0.3) is 0 Å². The van der Waals surface area contributed by atoms with Gasteiger partial charge >= 0.3 is 0 Å². The van der Waals surface area contributed by atoms with E-state index < -0.39 is 0 Å². The van der Waals surface area contributed by atoms with Crippen LogP contribution < -0.4 is 5.32 Å². The molecule has 1 heterocycles. The Bertz CT molecular complexity index is 408. The van der Waals surface area contributed by atoms with E-state index in [0.29, 0.717) is 0 Å². The highest BCUT2D eigenvalue weighted by molar-refractivity contribution is 5.28. The molecule has 1 saturated carbocycles. The number of fused-ring (bicyclic) bond motifs is 1. The van der Waals surface area contributed by atoms with E-state index in [1.807, 2.05) is 0 Å². The van der Waals surface area contributed by atoms with Crippen LogP contribution in [0, 0.1) is 0 Å². The molecule has 3 rings (SSSR count). The van der Waals surface area contributed by atoms with Gasteiger partial charge in [-0.05, 0) is 62.6 Å². The molecule has 2 aliphatic rings. The van der Waals surface area contributed by atoms with Gasteiger partial charge < -0.3 is 5.32 Å². The van der Waals surface area contributed by atoms with Crippen molar-refractivity contribution in [2.75, 3.05) is 19.6 Å². The summed E-state index contributed by atoms with van der Waals surface area (Å²) < 4.78 is 0. The van der Waals surface area contributed by atoms with Crippen molar-refractivity contribution in [2.45, 2.75) is 64.0 Å². The van der Waals surface area contributed by atoms with Crippen molar-refractivity contribution in [2.24, 2.45) is 0 Å². The second-order valence-electron chi connectivity index (χ2n) is 6.76. The van der Waals surface area contributed by atoms with Gasteiger partial charge in [-0.15, -0.1) is 0 Å². The largest absolute Gasteiger partial charge is 0.314 e. The van der Waals surface area contributed by atoms with Crippen LogP contribution in [0.25, 0.3) is 0 Å². The van der Waals surface area contributed by atoms with E-state index in [1.165, 1.54) is 64.6 Å². The normalized spacial score (nSPS) is 27.1.